The fourth-order valence-corrected chi connectivity index (χ4v) is 7.17. The first-order valence-electron chi connectivity index (χ1n) is 18.6. The van der Waals surface area contributed by atoms with Gasteiger partial charge in [0.1, 0.15) is 24.1 Å². The van der Waals surface area contributed by atoms with E-state index in [1.54, 1.807) is 23.1 Å². The molecule has 2 N–H and O–H groups in total. The molecule has 5 amide bonds. The van der Waals surface area contributed by atoms with Gasteiger partial charge < -0.3 is 24.4 Å². The molecular formula is C41H42F3N5O8. The van der Waals surface area contributed by atoms with Crippen LogP contribution in [-0.2, 0) is 31.8 Å². The number of hydrogen-bond acceptors (Lipinski definition) is 10. The Morgan fingerprint density at radius 2 is 1.72 bits per heavy atom. The van der Waals surface area contributed by atoms with Crippen molar-refractivity contribution in [3.05, 3.63) is 88.5 Å². The maximum atomic E-state index is 13.5. The number of hydrogen-bond donors (Lipinski definition) is 2. The number of alkyl halides is 3. The summed E-state index contributed by atoms with van der Waals surface area (Å²) >= 11 is 0. The third-order valence-corrected chi connectivity index (χ3v) is 10.1. The summed E-state index contributed by atoms with van der Waals surface area (Å²) in [6.45, 7) is 5.96. The lowest BCUT2D eigenvalue weighted by atomic mass is 9.89. The van der Waals surface area contributed by atoms with Gasteiger partial charge in [-0.25, -0.2) is 0 Å². The standard InChI is InChI=1S/C41H42F3N5O8/c1-40(2)24-48(39(54)35(40)57-28-14-11-26(22-45)30(21-28)41(42,43)44)23-25-9-12-27(13-10-25)46-17-4-3-5-18-55-19-20-56-32-8-6-7-29-34(32)38(53)49(37(29)52)31-15-16-33(50)47-36(31)51/h6-14,21,31,35,46H,3-5,15-20,23-24H2,1-2H3,(H,47,50,51). The molecule has 3 heterocycles. The van der Waals surface area contributed by atoms with Crippen molar-refractivity contribution < 1.29 is 51.4 Å². The molecule has 300 valence electrons. The summed E-state index contributed by atoms with van der Waals surface area (Å²) in [5.41, 5.74) is -0.266. The maximum absolute atomic E-state index is 13.5. The van der Waals surface area contributed by atoms with Crippen molar-refractivity contribution in [1.82, 2.24) is 15.1 Å². The zero-order chi connectivity index (χ0) is 40.9. The van der Waals surface area contributed by atoms with Crippen molar-refractivity contribution in [2.75, 3.05) is 38.2 Å². The fraction of sp³-hybridized carbons (Fsp3) is 0.415. The summed E-state index contributed by atoms with van der Waals surface area (Å²) in [5, 5.41) is 14.6. The highest BCUT2D eigenvalue weighted by Crippen LogP contribution is 2.38. The molecular weight excluding hydrogens is 747 g/mol. The van der Waals surface area contributed by atoms with E-state index in [1.807, 2.05) is 38.1 Å². The minimum atomic E-state index is -4.74. The number of anilines is 1. The quantitative estimate of drug-likeness (QED) is 0.140. The highest BCUT2D eigenvalue weighted by Gasteiger charge is 2.49. The van der Waals surface area contributed by atoms with E-state index >= 15 is 0 Å². The summed E-state index contributed by atoms with van der Waals surface area (Å²) in [6, 6.07) is 15.9. The van der Waals surface area contributed by atoms with Gasteiger partial charge in [0.25, 0.3) is 17.7 Å². The van der Waals surface area contributed by atoms with Gasteiger partial charge in [0.2, 0.25) is 11.8 Å². The van der Waals surface area contributed by atoms with Gasteiger partial charge in [0, 0.05) is 43.8 Å². The van der Waals surface area contributed by atoms with Gasteiger partial charge in [-0.2, -0.15) is 18.4 Å². The average Bonchev–Trinajstić information content (AvgIpc) is 3.55. The molecule has 3 aliphatic heterocycles. The normalized spacial score (nSPS) is 19.1. The van der Waals surface area contributed by atoms with Gasteiger partial charge in [-0.15, -0.1) is 0 Å². The molecule has 0 saturated carbocycles. The first kappa shape index (κ1) is 40.7. The number of piperidine rings is 1. The molecule has 2 saturated heterocycles. The third-order valence-electron chi connectivity index (χ3n) is 10.1. The van der Waals surface area contributed by atoms with Crippen LogP contribution in [0.5, 0.6) is 11.5 Å². The highest BCUT2D eigenvalue weighted by atomic mass is 19.4. The third kappa shape index (κ3) is 9.20. The predicted octanol–water partition coefficient (Wildman–Crippen LogP) is 5.47. The van der Waals surface area contributed by atoms with Crippen LogP contribution in [0.25, 0.3) is 0 Å². The first-order chi connectivity index (χ1) is 27.2. The minimum Gasteiger partial charge on any atom is -0.490 e. The lowest BCUT2D eigenvalue weighted by molar-refractivity contribution is -0.138. The first-order valence-corrected chi connectivity index (χ1v) is 18.6. The number of nitrogens with zero attached hydrogens (tertiary/aromatic N) is 3. The number of imide groups is 2. The number of carbonyl (C=O) groups is 5. The molecule has 2 fully saturated rings. The Labute approximate surface area is 327 Å². The Morgan fingerprint density at radius 3 is 2.44 bits per heavy atom. The number of benzene rings is 3. The summed E-state index contributed by atoms with van der Waals surface area (Å²) in [6.07, 6.45) is -3.02. The van der Waals surface area contributed by atoms with E-state index in [9.17, 15) is 37.1 Å². The molecule has 0 aromatic heterocycles. The molecule has 0 spiro atoms. The van der Waals surface area contributed by atoms with Crippen molar-refractivity contribution in [3.63, 3.8) is 0 Å². The molecule has 6 rings (SSSR count). The van der Waals surface area contributed by atoms with E-state index in [4.69, 9.17) is 19.5 Å². The van der Waals surface area contributed by atoms with Crippen LogP contribution in [0.1, 0.15) is 83.4 Å². The van der Waals surface area contributed by atoms with Gasteiger partial charge in [0.05, 0.1) is 34.9 Å². The molecule has 57 heavy (non-hydrogen) atoms. The molecule has 16 heteroatoms. The second-order valence-electron chi connectivity index (χ2n) is 14.8. The van der Waals surface area contributed by atoms with Gasteiger partial charge in [-0.05, 0) is 73.7 Å². The number of carbonyl (C=O) groups excluding carboxylic acids is 5. The Balaban J connectivity index is 0.873. The van der Waals surface area contributed by atoms with Crippen LogP contribution in [0, 0.1) is 16.7 Å². The SMILES string of the molecule is CC1(C)CN(Cc2ccc(NCCCCCOCCOc3cccc4c3C(=O)N(C3CCC(=O)NC3=O)C4=O)cc2)C(=O)C1Oc1ccc(C#N)c(C(F)(F)F)c1. The number of nitrogens with one attached hydrogen (secondary N) is 2. The van der Waals surface area contributed by atoms with Crippen LogP contribution in [0.15, 0.2) is 60.7 Å². The average molecular weight is 790 g/mol. The smallest absolute Gasteiger partial charge is 0.417 e. The van der Waals surface area contributed by atoms with Crippen LogP contribution < -0.4 is 20.1 Å². The molecule has 3 aromatic rings. The number of likely N-dealkylation sites (tertiary alicyclic amines) is 1. The molecule has 2 atom stereocenters. The largest absolute Gasteiger partial charge is 0.490 e. The molecule has 0 aliphatic carbocycles. The molecule has 3 aromatic carbocycles. The van der Waals surface area contributed by atoms with E-state index in [0.717, 1.165) is 54.1 Å². The lowest BCUT2D eigenvalue weighted by Crippen LogP contribution is -2.54. The molecule has 0 radical (unpaired) electrons. The number of unbranched alkanes of at least 4 members (excludes halogenated alkanes) is 2. The minimum absolute atomic E-state index is 0.0364. The summed E-state index contributed by atoms with van der Waals surface area (Å²) in [4.78, 5) is 65.9. The van der Waals surface area contributed by atoms with E-state index in [2.05, 4.69) is 10.6 Å². The fourth-order valence-electron chi connectivity index (χ4n) is 7.17. The molecule has 3 aliphatic rings. The van der Waals surface area contributed by atoms with Crippen molar-refractivity contribution in [2.24, 2.45) is 5.41 Å². The highest BCUT2D eigenvalue weighted by molar-refractivity contribution is 6.24. The Hall–Kier alpha value is -5.95. The van der Waals surface area contributed by atoms with Gasteiger partial charge in [0.15, 0.2) is 6.10 Å². The summed E-state index contributed by atoms with van der Waals surface area (Å²) in [7, 11) is 0. The van der Waals surface area contributed by atoms with Crippen molar-refractivity contribution in [1.29, 1.82) is 5.26 Å². The van der Waals surface area contributed by atoms with Crippen LogP contribution in [0.3, 0.4) is 0 Å². The van der Waals surface area contributed by atoms with Gasteiger partial charge >= 0.3 is 6.18 Å². The zero-order valence-electron chi connectivity index (χ0n) is 31.4. The van der Waals surface area contributed by atoms with Crippen molar-refractivity contribution >= 4 is 35.2 Å². The number of nitriles is 1. The van der Waals surface area contributed by atoms with Crippen LogP contribution >= 0.6 is 0 Å². The zero-order valence-corrected chi connectivity index (χ0v) is 31.4. The van der Waals surface area contributed by atoms with E-state index < -0.39 is 58.5 Å². The number of amides is 5. The lowest BCUT2D eigenvalue weighted by Gasteiger charge is -2.27. The van der Waals surface area contributed by atoms with Gasteiger partial charge in [-0.1, -0.05) is 32.0 Å². The predicted molar refractivity (Wildman–Crippen MR) is 198 cm³/mol. The van der Waals surface area contributed by atoms with Crippen molar-refractivity contribution in [3.8, 4) is 17.6 Å². The number of ether oxygens (including phenoxy) is 3. The topological polar surface area (TPSA) is 167 Å². The Kier molecular flexibility index (Phi) is 12.2. The summed E-state index contributed by atoms with van der Waals surface area (Å²) < 4.78 is 57.7. The Morgan fingerprint density at radius 1 is 0.947 bits per heavy atom. The van der Waals surface area contributed by atoms with E-state index in [-0.39, 0.29) is 54.6 Å². The number of halogens is 3. The van der Waals surface area contributed by atoms with Crippen molar-refractivity contribution in [2.45, 2.75) is 70.8 Å². The number of fused-ring (bicyclic) bond motifs is 1. The van der Waals surface area contributed by atoms with Crippen LogP contribution in [0.4, 0.5) is 18.9 Å². The maximum Gasteiger partial charge on any atom is 0.417 e. The molecule has 13 nitrogen and oxygen atoms in total. The van der Waals surface area contributed by atoms with E-state index in [1.165, 1.54) is 12.1 Å². The van der Waals surface area contributed by atoms with Crippen LogP contribution in [0.2, 0.25) is 0 Å². The second kappa shape index (κ2) is 17.0. The van der Waals surface area contributed by atoms with E-state index in [0.29, 0.717) is 19.7 Å². The van der Waals surface area contributed by atoms with Gasteiger partial charge in [-0.3, -0.25) is 34.2 Å². The second-order valence-corrected chi connectivity index (χ2v) is 14.8. The molecule has 2 unspecified atom stereocenters. The van der Waals surface area contributed by atoms with Crippen LogP contribution in [-0.4, -0.2) is 84.4 Å². The monoisotopic (exact) mass is 789 g/mol. The number of rotatable bonds is 16. The molecule has 0 bridgehead atoms. The Bertz CT molecular complexity index is 2080. The summed E-state index contributed by atoms with van der Waals surface area (Å²) in [5.74, 6) is -2.57.